The van der Waals surface area contributed by atoms with E-state index in [1.54, 1.807) is 0 Å². The van der Waals surface area contributed by atoms with Crippen molar-refractivity contribution in [2.75, 3.05) is 26.7 Å². The molecule has 0 aromatic carbocycles. The molecule has 0 aromatic rings. The quantitative estimate of drug-likeness (QED) is 0.678. The molecule has 0 atom stereocenters. The maximum absolute atomic E-state index is 12.2. The van der Waals surface area contributed by atoms with Gasteiger partial charge in [-0.05, 0) is 58.7 Å². The third-order valence-corrected chi connectivity index (χ3v) is 4.73. The van der Waals surface area contributed by atoms with Crippen molar-refractivity contribution < 1.29 is 9.90 Å². The molecule has 1 saturated heterocycles. The molecule has 5 nitrogen and oxygen atoms in total. The zero-order valence-corrected chi connectivity index (χ0v) is 11.9. The summed E-state index contributed by atoms with van der Waals surface area (Å²) in [4.78, 5) is 14.5. The van der Waals surface area contributed by atoms with Gasteiger partial charge in [0.1, 0.15) is 0 Å². The van der Waals surface area contributed by atoms with Crippen molar-refractivity contribution in [1.29, 1.82) is 0 Å². The van der Waals surface area contributed by atoms with Crippen LogP contribution in [-0.2, 0) is 4.79 Å². The Morgan fingerprint density at radius 1 is 1.32 bits per heavy atom. The summed E-state index contributed by atoms with van der Waals surface area (Å²) in [6.07, 6.45) is 4.89. The third-order valence-electron chi connectivity index (χ3n) is 4.73. The summed E-state index contributed by atoms with van der Waals surface area (Å²) in [6.45, 7) is 2.42. The number of carbonyl (C=O) groups is 1. The lowest BCUT2D eigenvalue weighted by atomic mass is 9.78. The molecule has 0 bridgehead atoms. The summed E-state index contributed by atoms with van der Waals surface area (Å²) in [6, 6.07) is 0.332. The van der Waals surface area contributed by atoms with Crippen LogP contribution in [-0.4, -0.2) is 54.2 Å². The number of carbonyl (C=O) groups excluding carboxylic acids is 1. The van der Waals surface area contributed by atoms with Crippen molar-refractivity contribution in [2.45, 2.75) is 50.2 Å². The fourth-order valence-corrected chi connectivity index (χ4v) is 3.09. The van der Waals surface area contributed by atoms with Crippen molar-refractivity contribution >= 4 is 5.91 Å². The molecule has 2 rings (SSSR count). The molecule has 0 radical (unpaired) electrons. The molecule has 110 valence electrons. The molecule has 1 saturated carbocycles. The van der Waals surface area contributed by atoms with Crippen LogP contribution in [0.1, 0.15) is 38.5 Å². The van der Waals surface area contributed by atoms with E-state index < -0.39 is 5.60 Å². The van der Waals surface area contributed by atoms with Gasteiger partial charge in [0.2, 0.25) is 5.91 Å². The first-order chi connectivity index (χ1) is 9.02. The van der Waals surface area contributed by atoms with Crippen molar-refractivity contribution in [3.8, 4) is 0 Å². The van der Waals surface area contributed by atoms with E-state index in [9.17, 15) is 9.90 Å². The molecular formula is C14H27N3O2. The summed E-state index contributed by atoms with van der Waals surface area (Å²) in [5.74, 6) is 0.236. The number of amides is 1. The number of likely N-dealkylation sites (tertiary alicyclic amines) is 1. The van der Waals surface area contributed by atoms with Crippen LogP contribution in [0.4, 0.5) is 0 Å². The van der Waals surface area contributed by atoms with Crippen molar-refractivity contribution in [3.05, 3.63) is 0 Å². The Morgan fingerprint density at radius 3 is 2.42 bits per heavy atom. The number of nitrogens with two attached hydrogens (primary N) is 1. The van der Waals surface area contributed by atoms with E-state index in [0.29, 0.717) is 25.4 Å². The number of rotatable bonds is 3. The molecule has 5 heteroatoms. The summed E-state index contributed by atoms with van der Waals surface area (Å²) >= 11 is 0. The Kier molecular flexibility index (Phi) is 4.81. The predicted molar refractivity (Wildman–Crippen MR) is 74.6 cm³/mol. The first-order valence-electron chi connectivity index (χ1n) is 7.44. The van der Waals surface area contributed by atoms with Gasteiger partial charge >= 0.3 is 0 Å². The molecule has 2 fully saturated rings. The molecule has 1 heterocycles. The van der Waals surface area contributed by atoms with Gasteiger partial charge in [0.15, 0.2) is 0 Å². The highest BCUT2D eigenvalue weighted by Crippen LogP contribution is 2.31. The van der Waals surface area contributed by atoms with Crippen molar-refractivity contribution in [1.82, 2.24) is 10.2 Å². The van der Waals surface area contributed by atoms with Crippen LogP contribution in [0.15, 0.2) is 0 Å². The van der Waals surface area contributed by atoms with E-state index in [1.807, 2.05) is 0 Å². The summed E-state index contributed by atoms with van der Waals surface area (Å²) in [7, 11) is 2.12. The molecule has 1 aliphatic heterocycles. The van der Waals surface area contributed by atoms with Crippen LogP contribution in [0.2, 0.25) is 0 Å². The summed E-state index contributed by atoms with van der Waals surface area (Å²) < 4.78 is 0. The Morgan fingerprint density at radius 2 is 1.89 bits per heavy atom. The number of nitrogens with zero attached hydrogens (tertiary/aromatic N) is 1. The smallest absolute Gasteiger partial charge is 0.223 e. The van der Waals surface area contributed by atoms with Gasteiger partial charge in [-0.25, -0.2) is 0 Å². The van der Waals surface area contributed by atoms with Crippen LogP contribution >= 0.6 is 0 Å². The standard InChI is InChI=1S/C14H27N3O2/c1-17-8-4-12(5-9-17)16-13(18)11-2-6-14(19,10-15)7-3-11/h11-12,19H,2-10,15H2,1H3,(H,16,18). The lowest BCUT2D eigenvalue weighted by molar-refractivity contribution is -0.128. The molecule has 1 amide bonds. The van der Waals surface area contributed by atoms with Gasteiger partial charge in [-0.1, -0.05) is 0 Å². The van der Waals surface area contributed by atoms with Gasteiger partial charge in [-0.15, -0.1) is 0 Å². The Hall–Kier alpha value is -0.650. The van der Waals surface area contributed by atoms with Gasteiger partial charge in [-0.2, -0.15) is 0 Å². The maximum Gasteiger partial charge on any atom is 0.223 e. The number of hydrogen-bond donors (Lipinski definition) is 3. The van der Waals surface area contributed by atoms with E-state index >= 15 is 0 Å². The van der Waals surface area contributed by atoms with Gasteiger partial charge in [0.25, 0.3) is 0 Å². The van der Waals surface area contributed by atoms with Crippen LogP contribution in [0.5, 0.6) is 0 Å². The second kappa shape index (κ2) is 6.20. The number of hydrogen-bond acceptors (Lipinski definition) is 4. The summed E-state index contributed by atoms with van der Waals surface area (Å²) in [5.41, 5.74) is 4.83. The highest BCUT2D eigenvalue weighted by Gasteiger charge is 2.35. The van der Waals surface area contributed by atoms with E-state index in [1.165, 1.54) is 0 Å². The number of piperidine rings is 1. The highest BCUT2D eigenvalue weighted by molar-refractivity contribution is 5.79. The fraction of sp³-hybridized carbons (Fsp3) is 0.929. The molecule has 19 heavy (non-hydrogen) atoms. The van der Waals surface area contributed by atoms with E-state index in [-0.39, 0.29) is 11.8 Å². The fourth-order valence-electron chi connectivity index (χ4n) is 3.09. The third kappa shape index (κ3) is 3.91. The average Bonchev–Trinajstić information content (AvgIpc) is 2.42. The minimum Gasteiger partial charge on any atom is -0.389 e. The van der Waals surface area contributed by atoms with Gasteiger partial charge in [0, 0.05) is 18.5 Å². The zero-order valence-electron chi connectivity index (χ0n) is 11.9. The zero-order chi connectivity index (χ0) is 13.9. The Bertz CT molecular complexity index is 306. The molecule has 0 unspecified atom stereocenters. The van der Waals surface area contributed by atoms with E-state index in [4.69, 9.17) is 5.73 Å². The van der Waals surface area contributed by atoms with Gasteiger partial charge < -0.3 is 21.1 Å². The lowest BCUT2D eigenvalue weighted by Crippen LogP contribution is -2.48. The number of aliphatic hydroxyl groups is 1. The Labute approximate surface area is 115 Å². The van der Waals surface area contributed by atoms with E-state index in [2.05, 4.69) is 17.3 Å². The van der Waals surface area contributed by atoms with Crippen LogP contribution < -0.4 is 11.1 Å². The van der Waals surface area contributed by atoms with Gasteiger partial charge in [-0.3, -0.25) is 4.79 Å². The predicted octanol–water partition coefficient (Wildman–Crippen LogP) is 0.0768. The van der Waals surface area contributed by atoms with Crippen molar-refractivity contribution in [2.24, 2.45) is 11.7 Å². The minimum atomic E-state index is -0.732. The maximum atomic E-state index is 12.2. The normalized spacial score (nSPS) is 34.2. The first-order valence-corrected chi connectivity index (χ1v) is 7.44. The molecule has 4 N–H and O–H groups in total. The summed E-state index contributed by atoms with van der Waals surface area (Å²) in [5, 5.41) is 13.2. The topological polar surface area (TPSA) is 78.6 Å². The molecule has 0 spiro atoms. The molecule has 2 aliphatic rings. The second-order valence-corrected chi connectivity index (χ2v) is 6.29. The SMILES string of the molecule is CN1CCC(NC(=O)C2CCC(O)(CN)CC2)CC1. The molecular weight excluding hydrogens is 242 g/mol. The number of nitrogens with one attached hydrogen (secondary N) is 1. The monoisotopic (exact) mass is 269 g/mol. The van der Waals surface area contributed by atoms with Crippen molar-refractivity contribution in [3.63, 3.8) is 0 Å². The second-order valence-electron chi connectivity index (χ2n) is 6.29. The largest absolute Gasteiger partial charge is 0.389 e. The average molecular weight is 269 g/mol. The first kappa shape index (κ1) is 14.8. The molecule has 0 aromatic heterocycles. The molecule has 1 aliphatic carbocycles. The van der Waals surface area contributed by atoms with Crippen LogP contribution in [0, 0.1) is 5.92 Å². The highest BCUT2D eigenvalue weighted by atomic mass is 16.3. The van der Waals surface area contributed by atoms with E-state index in [0.717, 1.165) is 38.8 Å². The van der Waals surface area contributed by atoms with Crippen LogP contribution in [0.25, 0.3) is 0 Å². The van der Waals surface area contributed by atoms with Gasteiger partial charge in [0.05, 0.1) is 5.60 Å². The lowest BCUT2D eigenvalue weighted by Gasteiger charge is -2.36. The Balaban J connectivity index is 1.75. The van der Waals surface area contributed by atoms with Crippen LogP contribution in [0.3, 0.4) is 0 Å². The minimum absolute atomic E-state index is 0.0616.